The number of aromatic nitrogens is 3. The molecule has 4 saturated carbocycles. The number of ether oxygens (including phenoxy) is 1. The summed E-state index contributed by atoms with van der Waals surface area (Å²) in [6, 6.07) is 3.30. The Morgan fingerprint density at radius 1 is 0.966 bits per heavy atom. The summed E-state index contributed by atoms with van der Waals surface area (Å²) in [6.45, 7) is 20.7. The largest absolute Gasteiger partial charge is 0.481 e. The minimum absolute atomic E-state index is 0.00358. The Labute approximate surface area is 344 Å². The van der Waals surface area contributed by atoms with Gasteiger partial charge in [0.25, 0.3) is 0 Å². The fraction of sp³-hybridized carbons (Fsp3) is 0.739. The Balaban J connectivity index is 1.21. The fourth-order valence-electron chi connectivity index (χ4n) is 13.4. The first kappa shape index (κ1) is 42.5. The first-order valence-electron chi connectivity index (χ1n) is 21.6. The summed E-state index contributed by atoms with van der Waals surface area (Å²) < 4.78 is 26.8. The molecule has 2 aromatic rings. The van der Waals surface area contributed by atoms with E-state index in [0.29, 0.717) is 49.1 Å². The summed E-state index contributed by atoms with van der Waals surface area (Å²) in [5.74, 6) is 0.330. The van der Waals surface area contributed by atoms with Crippen LogP contribution in [0.3, 0.4) is 0 Å². The predicted molar refractivity (Wildman–Crippen MR) is 219 cm³/mol. The SMILES string of the molecule is CC(C)C1=C2C3CC[C@@H]4[C@@]5(C)CCC(OC(=O)CC(C)(C)C(=O)O)C(C)(C)C5CC[C@@]4(C)[C@]3(C)CC[C@@]2(c2nnc(N(CCN(C)C)c3ccc(F)cn3)o2)CC1=O. The Morgan fingerprint density at radius 2 is 1.69 bits per heavy atom. The number of anilines is 2. The van der Waals surface area contributed by atoms with Crippen molar-refractivity contribution in [1.29, 1.82) is 0 Å². The second-order valence-corrected chi connectivity index (χ2v) is 21.2. The topological polar surface area (TPSA) is 139 Å². The molecule has 12 heteroatoms. The van der Waals surface area contributed by atoms with Crippen molar-refractivity contribution in [3.8, 4) is 0 Å². The van der Waals surface area contributed by atoms with Crippen LogP contribution in [-0.2, 0) is 24.5 Å². The number of Topliss-reactive ketones (excluding diaryl/α,β-unsaturated/α-hetero) is 1. The van der Waals surface area contributed by atoms with Crippen molar-refractivity contribution in [3.63, 3.8) is 0 Å². The van der Waals surface area contributed by atoms with Crippen LogP contribution in [0.1, 0.15) is 132 Å². The van der Waals surface area contributed by atoms with Gasteiger partial charge < -0.3 is 19.2 Å². The van der Waals surface area contributed by atoms with Gasteiger partial charge in [-0.25, -0.2) is 9.37 Å². The number of nitrogens with zero attached hydrogens (tertiary/aromatic N) is 5. The number of carboxylic acids is 1. The number of allylic oxidation sites excluding steroid dienone is 2. The molecule has 11 nitrogen and oxygen atoms in total. The zero-order valence-corrected chi connectivity index (χ0v) is 36.7. The van der Waals surface area contributed by atoms with Crippen LogP contribution in [0.25, 0.3) is 0 Å². The third-order valence-electron chi connectivity index (χ3n) is 16.6. The third-order valence-corrected chi connectivity index (χ3v) is 16.6. The molecule has 318 valence electrons. The van der Waals surface area contributed by atoms with E-state index >= 15 is 0 Å². The Hall–Kier alpha value is -3.67. The number of carbonyl (C=O) groups excluding carboxylic acids is 2. The summed E-state index contributed by atoms with van der Waals surface area (Å²) >= 11 is 0. The molecule has 58 heavy (non-hydrogen) atoms. The second-order valence-electron chi connectivity index (χ2n) is 21.2. The van der Waals surface area contributed by atoms with Crippen molar-refractivity contribution in [2.45, 2.75) is 138 Å². The molecule has 0 spiro atoms. The molecule has 0 radical (unpaired) electrons. The number of ketones is 1. The van der Waals surface area contributed by atoms with Gasteiger partial charge in [0.1, 0.15) is 17.7 Å². The van der Waals surface area contributed by atoms with E-state index < -0.39 is 28.6 Å². The molecule has 4 fully saturated rings. The number of rotatable bonds is 11. The average Bonchev–Trinajstić information content (AvgIpc) is 3.74. The van der Waals surface area contributed by atoms with Crippen LogP contribution in [0.15, 0.2) is 33.9 Å². The summed E-state index contributed by atoms with van der Waals surface area (Å²) in [4.78, 5) is 47.5. The van der Waals surface area contributed by atoms with E-state index in [4.69, 9.17) is 14.3 Å². The number of carbonyl (C=O) groups is 3. The number of likely N-dealkylation sites (N-methyl/N-ethyl adjacent to an activating group) is 1. The second kappa shape index (κ2) is 14.5. The van der Waals surface area contributed by atoms with E-state index in [9.17, 15) is 23.9 Å². The lowest BCUT2D eigenvalue weighted by Crippen LogP contribution is -2.66. The fourth-order valence-corrected chi connectivity index (χ4v) is 13.4. The Kier molecular flexibility index (Phi) is 10.6. The lowest BCUT2D eigenvalue weighted by molar-refractivity contribution is -0.232. The highest BCUT2D eigenvalue weighted by Gasteiger charge is 2.71. The Bertz CT molecular complexity index is 1970. The number of aliphatic carboxylic acids is 1. The maximum atomic E-state index is 14.3. The minimum atomic E-state index is -1.18. The maximum Gasteiger partial charge on any atom is 0.324 e. The number of hydrogen-bond acceptors (Lipinski definition) is 10. The van der Waals surface area contributed by atoms with E-state index in [-0.39, 0.29) is 51.8 Å². The van der Waals surface area contributed by atoms with E-state index in [0.717, 1.165) is 56.9 Å². The zero-order valence-electron chi connectivity index (χ0n) is 36.7. The van der Waals surface area contributed by atoms with Gasteiger partial charge in [0.05, 0.1) is 23.4 Å². The predicted octanol–water partition coefficient (Wildman–Crippen LogP) is 8.95. The van der Waals surface area contributed by atoms with E-state index in [2.05, 4.69) is 63.4 Å². The highest BCUT2D eigenvalue weighted by molar-refractivity contribution is 6.01. The monoisotopic (exact) mass is 803 g/mol. The average molecular weight is 804 g/mol. The lowest BCUT2D eigenvalue weighted by atomic mass is 9.33. The van der Waals surface area contributed by atoms with E-state index in [1.807, 2.05) is 19.0 Å². The minimum Gasteiger partial charge on any atom is -0.481 e. The highest BCUT2D eigenvalue weighted by Crippen LogP contribution is 2.77. The summed E-state index contributed by atoms with van der Waals surface area (Å²) in [6.07, 6.45) is 8.54. The quantitative estimate of drug-likeness (QED) is 0.218. The van der Waals surface area contributed by atoms with Crippen molar-refractivity contribution >= 4 is 29.6 Å². The van der Waals surface area contributed by atoms with Gasteiger partial charge in [0.2, 0.25) is 5.89 Å². The van der Waals surface area contributed by atoms with Crippen LogP contribution in [0.4, 0.5) is 16.2 Å². The molecule has 0 amide bonds. The number of carboxylic acid groups (broad SMARTS) is 1. The highest BCUT2D eigenvalue weighted by atomic mass is 19.1. The zero-order chi connectivity index (χ0) is 42.4. The van der Waals surface area contributed by atoms with Crippen LogP contribution in [-0.4, -0.2) is 76.2 Å². The van der Waals surface area contributed by atoms with Crippen LogP contribution < -0.4 is 4.90 Å². The molecule has 2 heterocycles. The normalized spacial score (nSPS) is 34.3. The summed E-state index contributed by atoms with van der Waals surface area (Å²) in [7, 11) is 3.97. The standard InChI is InChI=1S/C46H66FN5O6/c1-27(2)36-30(53)24-46(38-49-50-40(58-38)52(23-22-51(10)11)34-15-12-28(47)26-48-34)21-20-44(8)29(37(36)46)13-14-32-43(7)18-17-33(57-35(54)25-41(3,4)39(55)56)42(5,6)31(43)16-19-45(32,44)9/h12,15,26-27,29,31-33H,13-14,16-25H2,1-11H3,(H,55,56)/t29?,31?,32-,33?,43+,44-,45-,46-/m1/s1. The van der Waals surface area contributed by atoms with Gasteiger partial charge in [0.15, 0.2) is 5.78 Å². The van der Waals surface area contributed by atoms with Gasteiger partial charge in [-0.15, -0.1) is 5.10 Å². The van der Waals surface area contributed by atoms with Crippen LogP contribution in [0.2, 0.25) is 0 Å². The van der Waals surface area contributed by atoms with Gasteiger partial charge in [-0.05, 0) is 143 Å². The van der Waals surface area contributed by atoms with Gasteiger partial charge >= 0.3 is 18.0 Å². The van der Waals surface area contributed by atoms with Gasteiger partial charge in [-0.1, -0.05) is 53.6 Å². The third kappa shape index (κ3) is 6.53. The first-order valence-corrected chi connectivity index (χ1v) is 21.6. The number of fused-ring (bicyclic) bond motifs is 7. The summed E-state index contributed by atoms with van der Waals surface area (Å²) in [5.41, 5.74) is -0.0367. The molecule has 1 N–H and O–H groups in total. The number of hydrogen-bond donors (Lipinski definition) is 1. The molecule has 0 aromatic carbocycles. The van der Waals surface area contributed by atoms with E-state index in [1.165, 1.54) is 17.8 Å². The molecule has 2 aromatic heterocycles. The van der Waals surface area contributed by atoms with Gasteiger partial charge in [-0.3, -0.25) is 19.3 Å². The van der Waals surface area contributed by atoms with Crippen LogP contribution in [0.5, 0.6) is 0 Å². The van der Waals surface area contributed by atoms with Gasteiger partial charge in [0, 0.05) is 24.9 Å². The van der Waals surface area contributed by atoms with Crippen LogP contribution in [0, 0.1) is 56.6 Å². The molecule has 0 saturated heterocycles. The van der Waals surface area contributed by atoms with Crippen molar-refractivity contribution in [2.24, 2.45) is 50.7 Å². The molecular weight excluding hydrogens is 738 g/mol. The molecule has 5 aliphatic rings. The number of halogens is 1. The van der Waals surface area contributed by atoms with Crippen molar-refractivity contribution in [2.75, 3.05) is 32.1 Å². The maximum absolute atomic E-state index is 14.3. The molecular formula is C46H66FN5O6. The van der Waals surface area contributed by atoms with Crippen LogP contribution >= 0.6 is 0 Å². The number of esters is 1. The van der Waals surface area contributed by atoms with Gasteiger partial charge in [-0.2, -0.15) is 0 Å². The van der Waals surface area contributed by atoms with Crippen molar-refractivity contribution < 1.29 is 33.0 Å². The smallest absolute Gasteiger partial charge is 0.324 e. The summed E-state index contributed by atoms with van der Waals surface area (Å²) in [5, 5.41) is 19.0. The molecule has 8 atom stereocenters. The Morgan fingerprint density at radius 3 is 2.33 bits per heavy atom. The molecule has 0 bridgehead atoms. The molecule has 0 aliphatic heterocycles. The lowest BCUT2D eigenvalue weighted by Gasteiger charge is -2.72. The van der Waals surface area contributed by atoms with Crippen molar-refractivity contribution in [1.82, 2.24) is 20.1 Å². The molecule has 3 unspecified atom stereocenters. The number of pyridine rings is 1. The van der Waals surface area contributed by atoms with E-state index in [1.54, 1.807) is 19.9 Å². The van der Waals surface area contributed by atoms with Crippen molar-refractivity contribution in [3.05, 3.63) is 41.2 Å². The first-order chi connectivity index (χ1) is 27.0. The molecule has 5 aliphatic carbocycles. The molecule has 7 rings (SSSR count).